The Balaban J connectivity index is 2.24. The number of carbonyl (C=O) groups is 1. The summed E-state index contributed by atoms with van der Waals surface area (Å²) in [7, 11) is 0. The Morgan fingerprint density at radius 1 is 1.41 bits per heavy atom. The van der Waals surface area contributed by atoms with Gasteiger partial charge in [-0.15, -0.1) is 0 Å². The van der Waals surface area contributed by atoms with Crippen molar-refractivity contribution < 1.29 is 9.53 Å². The van der Waals surface area contributed by atoms with Gasteiger partial charge in [-0.05, 0) is 31.2 Å². The molecule has 1 heterocycles. The fourth-order valence-electron chi connectivity index (χ4n) is 1.19. The summed E-state index contributed by atoms with van der Waals surface area (Å²) in [4.78, 5) is 15.0. The number of hydrogen-bond acceptors (Lipinski definition) is 4. The van der Waals surface area contributed by atoms with E-state index >= 15 is 0 Å². The van der Waals surface area contributed by atoms with Gasteiger partial charge in [0.05, 0.1) is 5.69 Å². The number of amides is 1. The van der Waals surface area contributed by atoms with Gasteiger partial charge in [-0.25, -0.2) is 4.98 Å². The van der Waals surface area contributed by atoms with Crippen molar-refractivity contribution in [3.8, 4) is 10.8 Å². The lowest BCUT2D eigenvalue weighted by molar-refractivity contribution is 0.1000. The molecule has 0 fully saturated rings. The average molecular weight is 313 g/mol. The quantitative estimate of drug-likeness (QED) is 0.947. The number of rotatable bonds is 3. The first kappa shape index (κ1) is 12.1. The highest BCUT2D eigenvalue weighted by molar-refractivity contribution is 9.10. The number of benzene rings is 1. The van der Waals surface area contributed by atoms with Crippen LogP contribution in [0.5, 0.6) is 10.8 Å². The predicted octanol–water partition coefficient (Wildman–Crippen LogP) is 3.11. The third-order valence-electron chi connectivity index (χ3n) is 1.99. The number of ether oxygens (including phenoxy) is 1. The highest BCUT2D eigenvalue weighted by Gasteiger charge is 2.13. The summed E-state index contributed by atoms with van der Waals surface area (Å²) >= 11 is 4.49. The van der Waals surface area contributed by atoms with E-state index in [2.05, 4.69) is 20.9 Å². The van der Waals surface area contributed by atoms with Gasteiger partial charge < -0.3 is 10.5 Å². The number of aryl methyl sites for hydroxylation is 1. The van der Waals surface area contributed by atoms with Crippen molar-refractivity contribution in [3.63, 3.8) is 0 Å². The molecular weight excluding hydrogens is 304 g/mol. The van der Waals surface area contributed by atoms with E-state index in [4.69, 9.17) is 10.5 Å². The summed E-state index contributed by atoms with van der Waals surface area (Å²) in [6.07, 6.45) is 0. The normalized spacial score (nSPS) is 10.2. The average Bonchev–Trinajstić information content (AvgIpc) is 2.64. The van der Waals surface area contributed by atoms with Gasteiger partial charge in [-0.1, -0.05) is 27.3 Å². The van der Waals surface area contributed by atoms with E-state index in [-0.39, 0.29) is 5.01 Å². The first-order valence-corrected chi connectivity index (χ1v) is 6.38. The van der Waals surface area contributed by atoms with Gasteiger partial charge in [0, 0.05) is 4.47 Å². The number of carbonyl (C=O) groups excluding carboxylic acids is 1. The van der Waals surface area contributed by atoms with E-state index < -0.39 is 5.91 Å². The zero-order valence-electron chi connectivity index (χ0n) is 8.94. The molecule has 0 radical (unpaired) electrons. The molecule has 0 aliphatic heterocycles. The van der Waals surface area contributed by atoms with Crippen LogP contribution in [0.4, 0.5) is 0 Å². The molecule has 0 aliphatic carbocycles. The van der Waals surface area contributed by atoms with Crippen molar-refractivity contribution in [1.82, 2.24) is 4.98 Å². The smallest absolute Gasteiger partial charge is 0.277 e. The summed E-state index contributed by atoms with van der Waals surface area (Å²) in [5, 5.41) is 0.843. The van der Waals surface area contributed by atoms with Crippen LogP contribution in [0.25, 0.3) is 0 Å². The molecule has 1 aromatic heterocycles. The van der Waals surface area contributed by atoms with Crippen LogP contribution < -0.4 is 10.5 Å². The summed E-state index contributed by atoms with van der Waals surface area (Å²) in [5.74, 6) is 0.153. The van der Waals surface area contributed by atoms with Crippen LogP contribution in [-0.2, 0) is 0 Å². The monoisotopic (exact) mass is 312 g/mol. The van der Waals surface area contributed by atoms with Gasteiger partial charge in [0.15, 0.2) is 5.01 Å². The molecule has 0 atom stereocenters. The minimum absolute atomic E-state index is 0.259. The summed E-state index contributed by atoms with van der Waals surface area (Å²) in [6.45, 7) is 1.77. The number of aromatic nitrogens is 1. The SMILES string of the molecule is Cc1nc(C(N)=O)sc1Oc1ccc(Br)cc1. The molecule has 1 aromatic carbocycles. The molecule has 0 saturated carbocycles. The molecule has 0 aliphatic rings. The van der Waals surface area contributed by atoms with Crippen LogP contribution >= 0.6 is 27.3 Å². The number of nitrogens with two attached hydrogens (primary N) is 1. The lowest BCUT2D eigenvalue weighted by Gasteiger charge is -2.02. The lowest BCUT2D eigenvalue weighted by atomic mass is 10.3. The Morgan fingerprint density at radius 3 is 2.59 bits per heavy atom. The molecule has 0 saturated heterocycles. The molecule has 1 amide bonds. The standard InChI is InChI=1S/C11H9BrN2O2S/c1-6-11(17-10(14-6)9(13)15)16-8-4-2-7(12)3-5-8/h2-5H,1H3,(H2,13,15). The van der Waals surface area contributed by atoms with Crippen LogP contribution in [0.1, 0.15) is 15.5 Å². The summed E-state index contributed by atoms with van der Waals surface area (Å²) in [6, 6.07) is 7.40. The molecule has 17 heavy (non-hydrogen) atoms. The second kappa shape index (κ2) is 4.85. The van der Waals surface area contributed by atoms with Crippen molar-refractivity contribution in [2.45, 2.75) is 6.92 Å². The van der Waals surface area contributed by atoms with Gasteiger partial charge >= 0.3 is 0 Å². The lowest BCUT2D eigenvalue weighted by Crippen LogP contribution is -2.10. The van der Waals surface area contributed by atoms with Gasteiger partial charge in [0.25, 0.3) is 5.91 Å². The molecule has 2 rings (SSSR count). The van der Waals surface area contributed by atoms with Crippen molar-refractivity contribution in [2.24, 2.45) is 5.73 Å². The number of nitrogens with zero attached hydrogens (tertiary/aromatic N) is 1. The Kier molecular flexibility index (Phi) is 3.44. The number of hydrogen-bond donors (Lipinski definition) is 1. The van der Waals surface area contributed by atoms with E-state index in [1.54, 1.807) is 6.92 Å². The Labute approximate surface area is 111 Å². The van der Waals surface area contributed by atoms with Gasteiger partial charge in [0.1, 0.15) is 5.75 Å². The summed E-state index contributed by atoms with van der Waals surface area (Å²) in [5.41, 5.74) is 5.82. The molecule has 0 unspecified atom stereocenters. The maximum Gasteiger partial charge on any atom is 0.277 e. The van der Waals surface area contributed by atoms with E-state index in [0.717, 1.165) is 15.8 Å². The highest BCUT2D eigenvalue weighted by atomic mass is 79.9. The maximum absolute atomic E-state index is 11.0. The zero-order chi connectivity index (χ0) is 12.4. The molecule has 6 heteroatoms. The van der Waals surface area contributed by atoms with E-state index in [0.29, 0.717) is 16.5 Å². The number of halogens is 1. The second-order valence-corrected chi connectivity index (χ2v) is 5.19. The van der Waals surface area contributed by atoms with E-state index in [9.17, 15) is 4.79 Å². The van der Waals surface area contributed by atoms with Crippen molar-refractivity contribution in [2.75, 3.05) is 0 Å². The Bertz CT molecular complexity index is 551. The van der Waals surface area contributed by atoms with Gasteiger partial charge in [-0.3, -0.25) is 4.79 Å². The molecule has 0 spiro atoms. The first-order chi connectivity index (χ1) is 8.06. The largest absolute Gasteiger partial charge is 0.445 e. The molecule has 88 valence electrons. The van der Waals surface area contributed by atoms with Crippen molar-refractivity contribution in [3.05, 3.63) is 39.4 Å². The third-order valence-corrected chi connectivity index (χ3v) is 3.57. The van der Waals surface area contributed by atoms with Crippen molar-refractivity contribution in [1.29, 1.82) is 0 Å². The minimum Gasteiger partial charge on any atom is -0.445 e. The molecular formula is C11H9BrN2O2S. The van der Waals surface area contributed by atoms with Crippen LogP contribution in [0.2, 0.25) is 0 Å². The maximum atomic E-state index is 11.0. The molecule has 4 nitrogen and oxygen atoms in total. The molecule has 0 bridgehead atoms. The fraction of sp³-hybridized carbons (Fsp3) is 0.0909. The second-order valence-electron chi connectivity index (χ2n) is 3.31. The van der Waals surface area contributed by atoms with Crippen LogP contribution in [0.15, 0.2) is 28.7 Å². The van der Waals surface area contributed by atoms with Crippen LogP contribution in [0.3, 0.4) is 0 Å². The zero-order valence-corrected chi connectivity index (χ0v) is 11.3. The Morgan fingerprint density at radius 2 is 2.06 bits per heavy atom. The van der Waals surface area contributed by atoms with Crippen molar-refractivity contribution >= 4 is 33.2 Å². The van der Waals surface area contributed by atoms with Gasteiger partial charge in [0.2, 0.25) is 5.06 Å². The van der Waals surface area contributed by atoms with E-state index in [1.165, 1.54) is 0 Å². The number of thiazole rings is 1. The number of primary amides is 1. The fourth-order valence-corrected chi connectivity index (χ4v) is 2.25. The third kappa shape index (κ3) is 2.83. The van der Waals surface area contributed by atoms with Gasteiger partial charge in [-0.2, -0.15) is 0 Å². The topological polar surface area (TPSA) is 65.2 Å². The first-order valence-electron chi connectivity index (χ1n) is 4.77. The molecule has 2 aromatic rings. The van der Waals surface area contributed by atoms with Crippen LogP contribution in [-0.4, -0.2) is 10.9 Å². The minimum atomic E-state index is -0.538. The summed E-state index contributed by atoms with van der Waals surface area (Å²) < 4.78 is 6.60. The van der Waals surface area contributed by atoms with Crippen LogP contribution in [0, 0.1) is 6.92 Å². The van der Waals surface area contributed by atoms with E-state index in [1.807, 2.05) is 24.3 Å². The molecule has 2 N–H and O–H groups in total. The Hall–Kier alpha value is -1.40. The predicted molar refractivity (Wildman–Crippen MR) is 69.6 cm³/mol. The highest BCUT2D eigenvalue weighted by Crippen LogP contribution is 2.31.